The third kappa shape index (κ3) is 4.52. The number of amides is 1. The highest BCUT2D eigenvalue weighted by Crippen LogP contribution is 2.23. The van der Waals surface area contributed by atoms with E-state index >= 15 is 0 Å². The highest BCUT2D eigenvalue weighted by atomic mass is 35.5. The van der Waals surface area contributed by atoms with Crippen molar-refractivity contribution in [1.82, 2.24) is 14.9 Å². The maximum Gasteiger partial charge on any atom is 0.226 e. The van der Waals surface area contributed by atoms with Crippen LogP contribution in [-0.4, -0.2) is 50.9 Å². The summed E-state index contributed by atoms with van der Waals surface area (Å²) in [5, 5.41) is 11.0. The number of H-pyrrole nitrogens is 1. The minimum Gasteiger partial charge on any atom is -0.391 e. The van der Waals surface area contributed by atoms with Gasteiger partial charge in [-0.1, -0.05) is 23.7 Å². The van der Waals surface area contributed by atoms with E-state index in [0.29, 0.717) is 35.8 Å². The molecule has 0 spiro atoms. The van der Waals surface area contributed by atoms with Crippen molar-refractivity contribution in [2.75, 3.05) is 13.1 Å². The van der Waals surface area contributed by atoms with Crippen molar-refractivity contribution in [2.24, 2.45) is 5.92 Å². The SMILES string of the molecule is O=C(C[C@@H](Cc1ccc(F)cc1)C(=O)N1CC[C@H](O)C1)c1cc2cc(Cl)cnc2[nH]1. The molecular weight excluding hydrogens is 409 g/mol. The number of hydrogen-bond acceptors (Lipinski definition) is 4. The first kappa shape index (κ1) is 20.5. The second-order valence-electron chi connectivity index (χ2n) is 7.66. The lowest BCUT2D eigenvalue weighted by Crippen LogP contribution is -2.37. The lowest BCUT2D eigenvalue weighted by Gasteiger charge is -2.23. The molecule has 1 saturated heterocycles. The molecule has 6 nitrogen and oxygen atoms in total. The molecular formula is C22H21ClFN3O3. The van der Waals surface area contributed by atoms with Crippen LogP contribution in [0.2, 0.25) is 5.02 Å². The number of Topliss-reactive ketones (excluding diaryl/α,β-unsaturated/α-hetero) is 1. The Kier molecular flexibility index (Phi) is 5.83. The first-order valence-corrected chi connectivity index (χ1v) is 10.2. The van der Waals surface area contributed by atoms with Gasteiger partial charge in [0.05, 0.1) is 16.8 Å². The van der Waals surface area contributed by atoms with Crippen molar-refractivity contribution in [3.63, 3.8) is 0 Å². The molecule has 3 aromatic rings. The van der Waals surface area contributed by atoms with Crippen LogP contribution in [0.15, 0.2) is 42.6 Å². The van der Waals surface area contributed by atoms with Crippen LogP contribution in [0.25, 0.3) is 11.0 Å². The highest BCUT2D eigenvalue weighted by Gasteiger charge is 2.32. The molecule has 2 atom stereocenters. The molecule has 1 fully saturated rings. The number of fused-ring (bicyclic) bond motifs is 1. The van der Waals surface area contributed by atoms with E-state index in [1.54, 1.807) is 29.2 Å². The Morgan fingerprint density at radius 3 is 2.77 bits per heavy atom. The summed E-state index contributed by atoms with van der Waals surface area (Å²) >= 11 is 5.96. The van der Waals surface area contributed by atoms with Gasteiger partial charge in [-0.2, -0.15) is 0 Å². The van der Waals surface area contributed by atoms with Crippen molar-refractivity contribution >= 4 is 34.3 Å². The van der Waals surface area contributed by atoms with Gasteiger partial charge in [-0.05, 0) is 42.7 Å². The number of nitrogens with one attached hydrogen (secondary N) is 1. The van der Waals surface area contributed by atoms with Crippen LogP contribution in [0.3, 0.4) is 0 Å². The molecule has 2 N–H and O–H groups in total. The second-order valence-corrected chi connectivity index (χ2v) is 8.09. The zero-order valence-corrected chi connectivity index (χ0v) is 16.9. The van der Waals surface area contributed by atoms with Gasteiger partial charge in [-0.3, -0.25) is 9.59 Å². The van der Waals surface area contributed by atoms with Gasteiger partial charge in [0.25, 0.3) is 0 Å². The summed E-state index contributed by atoms with van der Waals surface area (Å²) in [5.41, 5.74) is 1.68. The smallest absolute Gasteiger partial charge is 0.226 e. The standard InChI is InChI=1S/C22H21ClFN3O3/c23-16-8-14-9-19(26-21(14)25-11-16)20(29)10-15(7-13-1-3-17(24)4-2-13)22(30)27-6-5-18(28)12-27/h1-4,8-9,11,15,18,28H,5-7,10,12H2,(H,25,26)/t15-,18+/m1/s1. The van der Waals surface area contributed by atoms with Crippen LogP contribution in [0.1, 0.15) is 28.9 Å². The topological polar surface area (TPSA) is 86.3 Å². The summed E-state index contributed by atoms with van der Waals surface area (Å²) in [6.45, 7) is 0.727. The molecule has 1 aliphatic rings. The van der Waals surface area contributed by atoms with Gasteiger partial charge < -0.3 is 15.0 Å². The zero-order chi connectivity index (χ0) is 21.3. The Labute approximate surface area is 177 Å². The molecule has 8 heteroatoms. The number of pyridine rings is 1. The van der Waals surface area contributed by atoms with Crippen molar-refractivity contribution in [2.45, 2.75) is 25.4 Å². The monoisotopic (exact) mass is 429 g/mol. The number of nitrogens with zero attached hydrogens (tertiary/aromatic N) is 2. The maximum atomic E-state index is 13.3. The highest BCUT2D eigenvalue weighted by molar-refractivity contribution is 6.31. The number of aromatic amines is 1. The molecule has 3 heterocycles. The summed E-state index contributed by atoms with van der Waals surface area (Å²) < 4.78 is 13.3. The molecule has 156 valence electrons. The molecule has 2 aromatic heterocycles. The number of ketones is 1. The van der Waals surface area contributed by atoms with Crippen LogP contribution >= 0.6 is 11.6 Å². The van der Waals surface area contributed by atoms with Crippen molar-refractivity contribution in [1.29, 1.82) is 0 Å². The van der Waals surface area contributed by atoms with E-state index in [2.05, 4.69) is 9.97 Å². The van der Waals surface area contributed by atoms with Crippen LogP contribution in [-0.2, 0) is 11.2 Å². The molecule has 0 unspecified atom stereocenters. The van der Waals surface area contributed by atoms with Gasteiger partial charge in [-0.25, -0.2) is 9.37 Å². The predicted octanol–water partition coefficient (Wildman–Crippen LogP) is 3.38. The Bertz CT molecular complexity index is 1080. The van der Waals surface area contributed by atoms with E-state index in [4.69, 9.17) is 11.6 Å². The molecule has 30 heavy (non-hydrogen) atoms. The third-order valence-corrected chi connectivity index (χ3v) is 5.60. The van der Waals surface area contributed by atoms with Crippen molar-refractivity contribution < 1.29 is 19.1 Å². The molecule has 0 aliphatic carbocycles. The van der Waals surface area contributed by atoms with Crippen LogP contribution in [0, 0.1) is 11.7 Å². The van der Waals surface area contributed by atoms with E-state index in [0.717, 1.165) is 10.9 Å². The van der Waals surface area contributed by atoms with E-state index in [9.17, 15) is 19.1 Å². The Hall–Kier alpha value is -2.77. The quantitative estimate of drug-likeness (QED) is 0.588. The number of halogens is 2. The second kappa shape index (κ2) is 8.53. The largest absolute Gasteiger partial charge is 0.391 e. The van der Waals surface area contributed by atoms with Gasteiger partial charge in [0.15, 0.2) is 5.78 Å². The number of aliphatic hydroxyl groups excluding tert-OH is 1. The number of carbonyl (C=O) groups is 2. The first-order valence-electron chi connectivity index (χ1n) is 9.78. The van der Waals surface area contributed by atoms with E-state index < -0.39 is 12.0 Å². The van der Waals surface area contributed by atoms with Gasteiger partial charge in [0, 0.05) is 37.0 Å². The third-order valence-electron chi connectivity index (χ3n) is 5.39. The summed E-state index contributed by atoms with van der Waals surface area (Å²) in [7, 11) is 0. The molecule has 1 aromatic carbocycles. The van der Waals surface area contributed by atoms with E-state index in [1.807, 2.05) is 0 Å². The minimum atomic E-state index is -0.615. The van der Waals surface area contributed by atoms with Gasteiger partial charge in [0.1, 0.15) is 11.5 Å². The fraction of sp³-hybridized carbons (Fsp3) is 0.318. The first-order chi connectivity index (χ1) is 14.4. The van der Waals surface area contributed by atoms with Crippen LogP contribution < -0.4 is 0 Å². The maximum absolute atomic E-state index is 13.3. The molecule has 0 saturated carbocycles. The predicted molar refractivity (Wildman–Crippen MR) is 111 cm³/mol. The Balaban J connectivity index is 1.56. The number of likely N-dealkylation sites (tertiary alicyclic amines) is 1. The minimum absolute atomic E-state index is 0.0106. The number of hydrogen-bond donors (Lipinski definition) is 2. The normalized spacial score (nSPS) is 17.4. The number of β-amino-alcohol motifs (C(OH)–C–C–N with tert-alkyl or cyclic N) is 1. The molecule has 0 bridgehead atoms. The van der Waals surface area contributed by atoms with Crippen molar-refractivity contribution in [3.05, 3.63) is 64.7 Å². The summed E-state index contributed by atoms with van der Waals surface area (Å²) in [6, 6.07) is 9.30. The van der Waals surface area contributed by atoms with Gasteiger partial charge in [-0.15, -0.1) is 0 Å². The molecule has 0 radical (unpaired) electrons. The van der Waals surface area contributed by atoms with Gasteiger partial charge in [0.2, 0.25) is 5.91 Å². The van der Waals surface area contributed by atoms with Crippen molar-refractivity contribution in [3.8, 4) is 0 Å². The Morgan fingerprint density at radius 2 is 2.07 bits per heavy atom. The summed E-state index contributed by atoms with van der Waals surface area (Å²) in [4.78, 5) is 34.8. The zero-order valence-electron chi connectivity index (χ0n) is 16.1. The average molecular weight is 430 g/mol. The number of rotatable bonds is 6. The fourth-order valence-electron chi connectivity index (χ4n) is 3.82. The lowest BCUT2D eigenvalue weighted by molar-refractivity contribution is -0.134. The number of aliphatic hydroxyl groups is 1. The molecule has 1 aliphatic heterocycles. The average Bonchev–Trinajstić information content (AvgIpc) is 3.34. The summed E-state index contributed by atoms with van der Waals surface area (Å²) in [5.74, 6) is -1.37. The Morgan fingerprint density at radius 1 is 1.30 bits per heavy atom. The lowest BCUT2D eigenvalue weighted by atomic mass is 9.92. The van der Waals surface area contributed by atoms with Crippen LogP contribution in [0.4, 0.5) is 4.39 Å². The number of aromatic nitrogens is 2. The molecule has 1 amide bonds. The van der Waals surface area contributed by atoms with E-state index in [1.165, 1.54) is 18.3 Å². The van der Waals surface area contributed by atoms with E-state index in [-0.39, 0.29) is 30.5 Å². The number of carbonyl (C=O) groups excluding carboxylic acids is 2. The van der Waals surface area contributed by atoms with Gasteiger partial charge >= 0.3 is 0 Å². The van der Waals surface area contributed by atoms with Crippen LogP contribution in [0.5, 0.6) is 0 Å². The molecule has 4 rings (SSSR count). The summed E-state index contributed by atoms with van der Waals surface area (Å²) in [6.07, 6.45) is 1.78. The number of benzene rings is 1. The fourth-order valence-corrected chi connectivity index (χ4v) is 3.99.